The lowest BCUT2D eigenvalue weighted by atomic mass is 9.92. The molecular formula is C18H17O6P. The molecule has 0 amide bonds. The molecule has 1 aliphatic heterocycles. The quantitative estimate of drug-likeness (QED) is 0.776. The topological polar surface area (TPSA) is 71.1 Å². The van der Waals surface area contributed by atoms with Gasteiger partial charge in [0.2, 0.25) is 6.79 Å². The van der Waals surface area contributed by atoms with Crippen LogP contribution >= 0.6 is 7.60 Å². The molecule has 0 spiro atoms. The monoisotopic (exact) mass is 360 g/mol. The van der Waals surface area contributed by atoms with Gasteiger partial charge in [0.15, 0.2) is 17.3 Å². The maximum absolute atomic E-state index is 13.1. The van der Waals surface area contributed by atoms with Gasteiger partial charge in [-0.15, -0.1) is 0 Å². The van der Waals surface area contributed by atoms with Crippen molar-refractivity contribution in [1.29, 1.82) is 0 Å². The smallest absolute Gasteiger partial charge is 0.341 e. The van der Waals surface area contributed by atoms with Crippen LogP contribution in [0.25, 0.3) is 0 Å². The molecule has 0 fully saturated rings. The number of ketones is 1. The lowest BCUT2D eigenvalue weighted by molar-refractivity contribution is 0.0980. The van der Waals surface area contributed by atoms with Crippen LogP contribution in [0.15, 0.2) is 42.5 Å². The van der Waals surface area contributed by atoms with Crippen LogP contribution in [0.3, 0.4) is 0 Å². The molecule has 2 aromatic carbocycles. The van der Waals surface area contributed by atoms with Gasteiger partial charge in [-0.2, -0.15) is 0 Å². The van der Waals surface area contributed by atoms with Gasteiger partial charge in [-0.1, -0.05) is 30.3 Å². The van der Waals surface area contributed by atoms with Crippen molar-refractivity contribution in [2.75, 3.05) is 21.0 Å². The highest BCUT2D eigenvalue weighted by Gasteiger charge is 2.52. The van der Waals surface area contributed by atoms with Crippen molar-refractivity contribution in [1.82, 2.24) is 0 Å². The first kappa shape index (κ1) is 16.3. The molecule has 2 atom stereocenters. The molecule has 0 radical (unpaired) electrons. The Balaban J connectivity index is 1.94. The van der Waals surface area contributed by atoms with Gasteiger partial charge in [-0.25, -0.2) is 0 Å². The number of hydrogen-bond donors (Lipinski definition) is 0. The molecule has 2 unspecified atom stereocenters. The van der Waals surface area contributed by atoms with Crippen molar-refractivity contribution in [3.63, 3.8) is 0 Å². The minimum Gasteiger partial charge on any atom is -0.454 e. The van der Waals surface area contributed by atoms with E-state index in [1.54, 1.807) is 12.1 Å². The molecule has 2 aromatic rings. The zero-order valence-corrected chi connectivity index (χ0v) is 14.7. The van der Waals surface area contributed by atoms with Gasteiger partial charge in [0.25, 0.3) is 0 Å². The molecule has 0 bridgehead atoms. The summed E-state index contributed by atoms with van der Waals surface area (Å²) in [7, 11) is -1.04. The third-order valence-corrected chi connectivity index (χ3v) is 6.97. The summed E-state index contributed by atoms with van der Waals surface area (Å²) in [6.45, 7) is 0.125. The Morgan fingerprint density at radius 2 is 1.68 bits per heavy atom. The second-order valence-corrected chi connectivity index (χ2v) is 8.26. The Hall–Kier alpha value is -2.14. The molecule has 0 saturated carbocycles. The summed E-state index contributed by atoms with van der Waals surface area (Å²) in [4.78, 5) is 13.1. The van der Waals surface area contributed by atoms with Crippen LogP contribution in [-0.2, 0) is 13.6 Å². The first-order valence-electron chi connectivity index (χ1n) is 7.83. The normalized spacial score (nSPS) is 21.4. The maximum Gasteiger partial charge on any atom is 0.341 e. The van der Waals surface area contributed by atoms with E-state index in [-0.39, 0.29) is 12.6 Å². The van der Waals surface area contributed by atoms with Crippen molar-refractivity contribution in [3.8, 4) is 11.5 Å². The van der Waals surface area contributed by atoms with Gasteiger partial charge >= 0.3 is 7.60 Å². The Morgan fingerprint density at radius 3 is 2.32 bits per heavy atom. The molecule has 130 valence electrons. The number of Topliss-reactive ketones (excluding diaryl/α,β-unsaturated/α-hetero) is 1. The molecule has 1 aliphatic carbocycles. The molecular weight excluding hydrogens is 343 g/mol. The number of carbonyl (C=O) groups excluding carboxylic acids is 1. The summed E-state index contributed by atoms with van der Waals surface area (Å²) in [5.41, 5.74) is 1.15. The van der Waals surface area contributed by atoms with Crippen molar-refractivity contribution in [2.24, 2.45) is 0 Å². The molecule has 2 aliphatic rings. The van der Waals surface area contributed by atoms with Crippen LogP contribution in [0.1, 0.15) is 27.4 Å². The van der Waals surface area contributed by atoms with Gasteiger partial charge in [0, 0.05) is 25.7 Å². The number of rotatable bonds is 4. The van der Waals surface area contributed by atoms with Gasteiger partial charge in [-0.05, 0) is 23.3 Å². The number of fused-ring (bicyclic) bond motifs is 2. The van der Waals surface area contributed by atoms with Crippen LogP contribution in [0, 0.1) is 0 Å². The first-order valence-corrected chi connectivity index (χ1v) is 9.44. The lowest BCUT2D eigenvalue weighted by Gasteiger charge is -2.25. The fraction of sp³-hybridized carbons (Fsp3) is 0.278. The summed E-state index contributed by atoms with van der Waals surface area (Å²) < 4.78 is 34.3. The van der Waals surface area contributed by atoms with E-state index in [0.717, 1.165) is 11.1 Å². The predicted molar refractivity (Wildman–Crippen MR) is 90.6 cm³/mol. The summed E-state index contributed by atoms with van der Waals surface area (Å²) in [6.07, 6.45) is 0. The van der Waals surface area contributed by atoms with E-state index in [0.29, 0.717) is 17.1 Å². The maximum atomic E-state index is 13.1. The van der Waals surface area contributed by atoms with E-state index in [9.17, 15) is 9.36 Å². The third-order valence-electron chi connectivity index (χ3n) is 4.74. The minimum absolute atomic E-state index is 0.125. The van der Waals surface area contributed by atoms with E-state index in [2.05, 4.69) is 0 Å². The van der Waals surface area contributed by atoms with E-state index in [1.165, 1.54) is 14.2 Å². The fourth-order valence-electron chi connectivity index (χ4n) is 3.56. The molecule has 7 heteroatoms. The number of carbonyl (C=O) groups is 1. The standard InChI is InChI=1S/C18H17O6P/c1-21-25(20,22-2)18-16(11-6-4-3-5-7-11)12-8-14-15(24-10-23-14)9-13(12)17(18)19/h3-9,16,18H,10H2,1-2H3. The summed E-state index contributed by atoms with van der Waals surface area (Å²) in [5.74, 6) is 0.389. The van der Waals surface area contributed by atoms with E-state index in [1.807, 2.05) is 30.3 Å². The molecule has 0 N–H and O–H groups in total. The molecule has 1 heterocycles. The molecule has 4 rings (SSSR count). The van der Waals surface area contributed by atoms with E-state index in [4.69, 9.17) is 18.5 Å². The zero-order chi connectivity index (χ0) is 17.6. The number of hydrogen-bond acceptors (Lipinski definition) is 6. The van der Waals surface area contributed by atoms with Crippen LogP contribution in [0.2, 0.25) is 0 Å². The first-order chi connectivity index (χ1) is 12.1. The Bertz CT molecular complexity index is 871. The van der Waals surface area contributed by atoms with Gasteiger partial charge < -0.3 is 18.5 Å². The van der Waals surface area contributed by atoms with Crippen LogP contribution < -0.4 is 9.47 Å². The second-order valence-electron chi connectivity index (χ2n) is 5.90. The molecule has 0 saturated heterocycles. The largest absolute Gasteiger partial charge is 0.454 e. The highest BCUT2D eigenvalue weighted by molar-refractivity contribution is 7.56. The van der Waals surface area contributed by atoms with Crippen molar-refractivity contribution in [2.45, 2.75) is 11.6 Å². The SMILES string of the molecule is COP(=O)(OC)C1C(=O)c2cc3c(cc2C1c1ccccc1)OCO3. The number of ether oxygens (including phenoxy) is 2. The fourth-order valence-corrected chi connectivity index (χ4v) is 5.29. The number of benzene rings is 2. The molecule has 6 nitrogen and oxygen atoms in total. The summed E-state index contributed by atoms with van der Waals surface area (Å²) in [6, 6.07) is 12.9. The van der Waals surface area contributed by atoms with E-state index >= 15 is 0 Å². The zero-order valence-electron chi connectivity index (χ0n) is 13.8. The Morgan fingerprint density at radius 1 is 1.04 bits per heavy atom. The molecule has 0 aromatic heterocycles. The van der Waals surface area contributed by atoms with Gasteiger partial charge in [0.1, 0.15) is 5.66 Å². The lowest BCUT2D eigenvalue weighted by Crippen LogP contribution is -2.23. The van der Waals surface area contributed by atoms with Gasteiger partial charge in [-0.3, -0.25) is 9.36 Å². The average Bonchev–Trinajstić information content (AvgIpc) is 3.22. The Labute approximate surface area is 145 Å². The van der Waals surface area contributed by atoms with E-state index < -0.39 is 19.2 Å². The Kier molecular flexibility index (Phi) is 3.91. The van der Waals surface area contributed by atoms with Crippen LogP contribution in [0.4, 0.5) is 0 Å². The van der Waals surface area contributed by atoms with Crippen molar-refractivity contribution in [3.05, 3.63) is 59.2 Å². The van der Waals surface area contributed by atoms with Gasteiger partial charge in [0.05, 0.1) is 0 Å². The van der Waals surface area contributed by atoms with Crippen LogP contribution in [-0.4, -0.2) is 32.5 Å². The van der Waals surface area contributed by atoms with Crippen molar-refractivity contribution >= 4 is 13.4 Å². The highest BCUT2D eigenvalue weighted by Crippen LogP contribution is 2.62. The summed E-state index contributed by atoms with van der Waals surface area (Å²) in [5, 5.41) is 0. The average molecular weight is 360 g/mol. The summed E-state index contributed by atoms with van der Waals surface area (Å²) >= 11 is 0. The predicted octanol–water partition coefficient (Wildman–Crippen LogP) is 3.60. The highest BCUT2D eigenvalue weighted by atomic mass is 31.2. The van der Waals surface area contributed by atoms with Crippen molar-refractivity contribution < 1.29 is 27.9 Å². The van der Waals surface area contributed by atoms with Crippen LogP contribution in [0.5, 0.6) is 11.5 Å². The third kappa shape index (κ3) is 2.41. The second kappa shape index (κ2) is 5.99. The molecule has 25 heavy (non-hydrogen) atoms. The minimum atomic E-state index is -3.64.